The zero-order chi connectivity index (χ0) is 25.1. The molecule has 2 amide bonds. The molecule has 188 valence electrons. The second kappa shape index (κ2) is 10.7. The fourth-order valence-electron chi connectivity index (χ4n) is 5.63. The lowest BCUT2D eigenvalue weighted by Crippen LogP contribution is -2.68. The summed E-state index contributed by atoms with van der Waals surface area (Å²) in [6, 6.07) is 22.1. The Bertz CT molecular complexity index is 1200. The maximum Gasteiger partial charge on any atom is 0.322 e. The molecular weight excluding hydrogens is 457 g/mol. The summed E-state index contributed by atoms with van der Waals surface area (Å²) in [4.78, 5) is 17.5. The van der Waals surface area contributed by atoms with Crippen LogP contribution in [-0.2, 0) is 0 Å². The van der Waals surface area contributed by atoms with Gasteiger partial charge in [-0.3, -0.25) is 4.90 Å². The number of nitrogens with one attached hydrogen (secondary N) is 1. The molecule has 2 heterocycles. The number of rotatable bonds is 5. The first-order valence-corrected chi connectivity index (χ1v) is 12.5. The standard InChI is InChI=1S/C29H32FN3O3/c1-36-27-10-3-2-9-24(27)31-29(35)32-15-4-5-16-33-25(18-32)28(26(33)19-34)21-13-11-20(12-14-21)22-7-6-8-23(30)17-22/h2-3,6-14,17,25-26,28,34H,4-5,15-16,18-19H2,1H3,(H,31,35)/t25-,26+,28+/m0/s1. The Morgan fingerprint density at radius 1 is 1.03 bits per heavy atom. The highest BCUT2D eigenvalue weighted by Crippen LogP contribution is 2.42. The second-order valence-electron chi connectivity index (χ2n) is 9.50. The van der Waals surface area contributed by atoms with E-state index in [1.165, 1.54) is 12.1 Å². The van der Waals surface area contributed by atoms with E-state index in [2.05, 4.69) is 22.3 Å². The number of hydrogen-bond acceptors (Lipinski definition) is 4. The zero-order valence-corrected chi connectivity index (χ0v) is 20.4. The normalized spacial score (nSPS) is 22.1. The summed E-state index contributed by atoms with van der Waals surface area (Å²) in [5.41, 5.74) is 3.56. The lowest BCUT2D eigenvalue weighted by Gasteiger charge is -2.57. The molecule has 0 radical (unpaired) electrons. The number of carbonyl (C=O) groups excluding carboxylic acids is 1. The molecule has 2 aliphatic heterocycles. The summed E-state index contributed by atoms with van der Waals surface area (Å²) < 4.78 is 19.1. The maximum atomic E-state index is 13.7. The lowest BCUT2D eigenvalue weighted by atomic mass is 9.74. The van der Waals surface area contributed by atoms with Crippen LogP contribution in [0.15, 0.2) is 72.8 Å². The van der Waals surface area contributed by atoms with Gasteiger partial charge in [0.2, 0.25) is 0 Å². The van der Waals surface area contributed by atoms with Crippen LogP contribution >= 0.6 is 0 Å². The molecule has 0 unspecified atom stereocenters. The number of halogens is 1. The van der Waals surface area contributed by atoms with Crippen molar-refractivity contribution in [1.82, 2.24) is 9.80 Å². The van der Waals surface area contributed by atoms with Crippen molar-refractivity contribution in [2.45, 2.75) is 30.8 Å². The van der Waals surface area contributed by atoms with Gasteiger partial charge in [0.15, 0.2) is 0 Å². The van der Waals surface area contributed by atoms with E-state index in [4.69, 9.17) is 4.74 Å². The molecule has 2 saturated heterocycles. The Morgan fingerprint density at radius 3 is 2.56 bits per heavy atom. The van der Waals surface area contributed by atoms with Gasteiger partial charge in [-0.1, -0.05) is 48.5 Å². The molecular formula is C29H32FN3O3. The van der Waals surface area contributed by atoms with Crippen molar-refractivity contribution in [3.05, 3.63) is 84.2 Å². The van der Waals surface area contributed by atoms with Gasteiger partial charge >= 0.3 is 6.03 Å². The smallest absolute Gasteiger partial charge is 0.322 e. The van der Waals surface area contributed by atoms with E-state index in [9.17, 15) is 14.3 Å². The van der Waals surface area contributed by atoms with Gasteiger partial charge in [0.1, 0.15) is 11.6 Å². The number of methoxy groups -OCH3 is 1. The van der Waals surface area contributed by atoms with Crippen LogP contribution in [0.3, 0.4) is 0 Å². The summed E-state index contributed by atoms with van der Waals surface area (Å²) in [7, 11) is 1.59. The molecule has 5 rings (SSSR count). The topological polar surface area (TPSA) is 65.0 Å². The van der Waals surface area contributed by atoms with E-state index in [1.807, 2.05) is 47.4 Å². The minimum atomic E-state index is -0.257. The fraction of sp³-hybridized carbons (Fsp3) is 0.345. The molecule has 0 aliphatic carbocycles. The predicted molar refractivity (Wildman–Crippen MR) is 139 cm³/mol. The van der Waals surface area contributed by atoms with E-state index in [0.29, 0.717) is 24.5 Å². The molecule has 3 atom stereocenters. The van der Waals surface area contributed by atoms with E-state index in [-0.39, 0.29) is 36.5 Å². The number of ether oxygens (including phenoxy) is 1. The van der Waals surface area contributed by atoms with Gasteiger partial charge in [-0.15, -0.1) is 0 Å². The number of urea groups is 1. The second-order valence-corrected chi connectivity index (χ2v) is 9.50. The summed E-state index contributed by atoms with van der Waals surface area (Å²) >= 11 is 0. The predicted octanol–water partition coefficient (Wildman–Crippen LogP) is 4.96. The zero-order valence-electron chi connectivity index (χ0n) is 20.4. The van der Waals surface area contributed by atoms with Crippen LogP contribution in [0.2, 0.25) is 0 Å². The van der Waals surface area contributed by atoms with Crippen molar-refractivity contribution in [2.24, 2.45) is 0 Å². The summed E-state index contributed by atoms with van der Waals surface area (Å²) in [5, 5.41) is 13.2. The van der Waals surface area contributed by atoms with Gasteiger partial charge in [-0.25, -0.2) is 9.18 Å². The van der Waals surface area contributed by atoms with E-state index >= 15 is 0 Å². The maximum absolute atomic E-state index is 13.7. The number of aliphatic hydroxyl groups excluding tert-OH is 1. The molecule has 3 aromatic carbocycles. The van der Waals surface area contributed by atoms with Crippen molar-refractivity contribution < 1.29 is 19.0 Å². The third-order valence-electron chi connectivity index (χ3n) is 7.46. The Morgan fingerprint density at radius 2 is 1.81 bits per heavy atom. The fourth-order valence-corrected chi connectivity index (χ4v) is 5.63. The van der Waals surface area contributed by atoms with Gasteiger partial charge in [-0.05, 0) is 60.3 Å². The molecule has 0 bridgehead atoms. The number of para-hydroxylation sites is 2. The van der Waals surface area contributed by atoms with E-state index in [0.717, 1.165) is 36.1 Å². The first-order valence-electron chi connectivity index (χ1n) is 12.5. The number of fused-ring (bicyclic) bond motifs is 1. The largest absolute Gasteiger partial charge is 0.495 e. The van der Waals surface area contributed by atoms with Gasteiger partial charge in [0.05, 0.1) is 19.4 Å². The summed E-state index contributed by atoms with van der Waals surface area (Å²) in [6.45, 7) is 2.24. The molecule has 2 aliphatic rings. The Kier molecular flexibility index (Phi) is 7.20. The molecule has 2 N–H and O–H groups in total. The lowest BCUT2D eigenvalue weighted by molar-refractivity contribution is -0.0585. The highest BCUT2D eigenvalue weighted by Gasteiger charge is 2.49. The number of carbonyl (C=O) groups is 1. The number of anilines is 1. The SMILES string of the molecule is COc1ccccc1NC(=O)N1CCCCN2[C@H](CO)[C@H](c3ccc(-c4cccc(F)c4)cc3)[C@@H]2C1. The molecule has 36 heavy (non-hydrogen) atoms. The van der Waals surface area contributed by atoms with E-state index in [1.54, 1.807) is 13.2 Å². The van der Waals surface area contributed by atoms with Gasteiger partial charge in [0, 0.05) is 31.1 Å². The molecule has 0 spiro atoms. The Balaban J connectivity index is 1.35. The summed E-state index contributed by atoms with van der Waals surface area (Å²) in [6.07, 6.45) is 1.88. The average Bonchev–Trinajstić information content (AvgIpc) is 2.88. The van der Waals surface area contributed by atoms with Gasteiger partial charge < -0.3 is 20.1 Å². The monoisotopic (exact) mass is 489 g/mol. The number of benzene rings is 3. The van der Waals surface area contributed by atoms with Crippen LogP contribution < -0.4 is 10.1 Å². The van der Waals surface area contributed by atoms with Crippen molar-refractivity contribution in [1.29, 1.82) is 0 Å². The first kappa shape index (κ1) is 24.3. The molecule has 6 nitrogen and oxygen atoms in total. The van der Waals surface area contributed by atoms with Crippen molar-refractivity contribution in [3.63, 3.8) is 0 Å². The van der Waals surface area contributed by atoms with Crippen LogP contribution in [-0.4, -0.2) is 66.4 Å². The average molecular weight is 490 g/mol. The van der Waals surface area contributed by atoms with Crippen LogP contribution in [0, 0.1) is 5.82 Å². The highest BCUT2D eigenvalue weighted by atomic mass is 19.1. The van der Waals surface area contributed by atoms with Gasteiger partial charge in [0.25, 0.3) is 0 Å². The quantitative estimate of drug-likeness (QED) is 0.532. The number of amides is 2. The molecule has 2 fully saturated rings. The number of nitrogens with zero attached hydrogens (tertiary/aromatic N) is 2. The molecule has 3 aromatic rings. The Labute approximate surface area is 211 Å². The van der Waals surface area contributed by atoms with Crippen molar-refractivity contribution >= 4 is 11.7 Å². The van der Waals surface area contributed by atoms with Gasteiger partial charge in [-0.2, -0.15) is 0 Å². The minimum absolute atomic E-state index is 0.0206. The van der Waals surface area contributed by atoms with Crippen molar-refractivity contribution in [2.75, 3.05) is 38.7 Å². The van der Waals surface area contributed by atoms with Crippen LogP contribution in [0.25, 0.3) is 11.1 Å². The number of aliphatic hydroxyl groups is 1. The third kappa shape index (κ3) is 4.81. The van der Waals surface area contributed by atoms with Crippen LogP contribution in [0.5, 0.6) is 5.75 Å². The van der Waals surface area contributed by atoms with Crippen molar-refractivity contribution in [3.8, 4) is 16.9 Å². The highest BCUT2D eigenvalue weighted by molar-refractivity contribution is 5.91. The van der Waals surface area contributed by atoms with E-state index < -0.39 is 0 Å². The molecule has 0 saturated carbocycles. The third-order valence-corrected chi connectivity index (χ3v) is 7.46. The van der Waals surface area contributed by atoms with Crippen LogP contribution in [0.4, 0.5) is 14.9 Å². The molecule has 7 heteroatoms. The van der Waals surface area contributed by atoms with Crippen LogP contribution in [0.1, 0.15) is 24.3 Å². The number of hydrogen-bond donors (Lipinski definition) is 2. The minimum Gasteiger partial charge on any atom is -0.495 e. The first-order chi connectivity index (χ1) is 17.6. The molecule has 0 aromatic heterocycles. The Hall–Kier alpha value is -3.42. The summed E-state index contributed by atoms with van der Waals surface area (Å²) in [5.74, 6) is 0.476.